The van der Waals surface area contributed by atoms with Gasteiger partial charge in [0.05, 0.1) is 23.1 Å². The summed E-state index contributed by atoms with van der Waals surface area (Å²) in [6, 6.07) is 9.19. The second kappa shape index (κ2) is 9.10. The molecule has 29 heavy (non-hydrogen) atoms. The lowest BCUT2D eigenvalue weighted by Gasteiger charge is -2.31. The Bertz CT molecular complexity index is 1030. The molecular formula is C19H19Cl3N2O4S. The quantitative estimate of drug-likeness (QED) is 0.677. The molecule has 0 aromatic heterocycles. The van der Waals surface area contributed by atoms with Crippen LogP contribution in [0.1, 0.15) is 12.8 Å². The molecule has 1 atom stereocenters. The summed E-state index contributed by atoms with van der Waals surface area (Å²) < 4.78 is 32.4. The SMILES string of the molecule is COc1ccc(NC(=O)[C@@H]2CCCN(S(=O)(=O)c3cc(Cl)ccc3Cl)C2)cc1Cl. The number of carbonyl (C=O) groups is 1. The van der Waals surface area contributed by atoms with Crippen LogP contribution in [0.2, 0.25) is 15.1 Å². The largest absolute Gasteiger partial charge is 0.495 e. The lowest BCUT2D eigenvalue weighted by molar-refractivity contribution is -0.120. The van der Waals surface area contributed by atoms with Gasteiger partial charge in [-0.3, -0.25) is 4.79 Å². The van der Waals surface area contributed by atoms with Crippen molar-refractivity contribution in [3.8, 4) is 5.75 Å². The molecule has 3 rings (SSSR count). The van der Waals surface area contributed by atoms with E-state index in [0.717, 1.165) is 0 Å². The highest BCUT2D eigenvalue weighted by Gasteiger charge is 2.34. The number of anilines is 1. The van der Waals surface area contributed by atoms with E-state index in [1.54, 1.807) is 18.2 Å². The molecule has 1 N–H and O–H groups in total. The molecule has 0 aliphatic carbocycles. The highest BCUT2D eigenvalue weighted by molar-refractivity contribution is 7.89. The number of methoxy groups -OCH3 is 1. The fourth-order valence-electron chi connectivity index (χ4n) is 3.18. The number of benzene rings is 2. The van der Waals surface area contributed by atoms with Gasteiger partial charge in [0, 0.05) is 23.8 Å². The smallest absolute Gasteiger partial charge is 0.244 e. The van der Waals surface area contributed by atoms with Crippen LogP contribution in [0, 0.1) is 5.92 Å². The standard InChI is InChI=1S/C19H19Cl3N2O4S/c1-28-17-7-5-14(10-16(17)22)23-19(25)12-3-2-8-24(11-12)29(26,27)18-9-13(20)4-6-15(18)21/h4-7,9-10,12H,2-3,8,11H2,1H3,(H,23,25)/t12-/m1/s1. The summed E-state index contributed by atoms with van der Waals surface area (Å²) in [4.78, 5) is 12.6. The monoisotopic (exact) mass is 476 g/mol. The average molecular weight is 478 g/mol. The first-order chi connectivity index (χ1) is 13.7. The second-order valence-electron chi connectivity index (χ2n) is 6.62. The number of ether oxygens (including phenoxy) is 1. The summed E-state index contributed by atoms with van der Waals surface area (Å²) in [5.74, 6) is -0.279. The van der Waals surface area contributed by atoms with Crippen molar-refractivity contribution in [1.82, 2.24) is 4.31 Å². The number of halogens is 3. The highest BCUT2D eigenvalue weighted by Crippen LogP contribution is 2.31. The van der Waals surface area contributed by atoms with Crippen molar-refractivity contribution in [2.45, 2.75) is 17.7 Å². The lowest BCUT2D eigenvalue weighted by atomic mass is 9.98. The van der Waals surface area contributed by atoms with Gasteiger partial charge in [-0.15, -0.1) is 0 Å². The number of amides is 1. The molecule has 1 heterocycles. The van der Waals surface area contributed by atoms with E-state index in [-0.39, 0.29) is 27.4 Å². The number of sulfonamides is 1. The van der Waals surface area contributed by atoms with E-state index in [1.807, 2.05) is 0 Å². The van der Waals surface area contributed by atoms with Gasteiger partial charge in [-0.05, 0) is 49.2 Å². The molecular weight excluding hydrogens is 459 g/mol. The Morgan fingerprint density at radius 1 is 1.14 bits per heavy atom. The number of piperidine rings is 1. The zero-order valence-corrected chi connectivity index (χ0v) is 18.6. The van der Waals surface area contributed by atoms with Crippen LogP contribution in [-0.2, 0) is 14.8 Å². The average Bonchev–Trinajstić information content (AvgIpc) is 2.70. The third-order valence-electron chi connectivity index (χ3n) is 4.69. The van der Waals surface area contributed by atoms with Crippen molar-refractivity contribution >= 4 is 56.4 Å². The number of carbonyl (C=O) groups excluding carboxylic acids is 1. The van der Waals surface area contributed by atoms with Gasteiger partial charge in [0.25, 0.3) is 0 Å². The Balaban J connectivity index is 1.75. The molecule has 1 fully saturated rings. The van der Waals surface area contributed by atoms with Gasteiger partial charge in [-0.2, -0.15) is 4.31 Å². The summed E-state index contributed by atoms with van der Waals surface area (Å²) in [5, 5.41) is 3.52. The maximum atomic E-state index is 13.0. The topological polar surface area (TPSA) is 75.7 Å². The van der Waals surface area contributed by atoms with Gasteiger partial charge < -0.3 is 10.1 Å². The van der Waals surface area contributed by atoms with Crippen molar-refractivity contribution in [2.24, 2.45) is 5.92 Å². The second-order valence-corrected chi connectivity index (χ2v) is 9.77. The molecule has 0 bridgehead atoms. The first-order valence-electron chi connectivity index (χ1n) is 8.82. The molecule has 156 valence electrons. The number of hydrogen-bond acceptors (Lipinski definition) is 4. The molecule has 0 saturated carbocycles. The van der Waals surface area contributed by atoms with E-state index in [4.69, 9.17) is 39.5 Å². The first-order valence-corrected chi connectivity index (χ1v) is 11.4. The van der Waals surface area contributed by atoms with Gasteiger partial charge in [0.2, 0.25) is 15.9 Å². The fraction of sp³-hybridized carbons (Fsp3) is 0.316. The number of rotatable bonds is 5. The molecule has 1 saturated heterocycles. The summed E-state index contributed by atoms with van der Waals surface area (Å²) in [6.07, 6.45) is 1.13. The zero-order valence-electron chi connectivity index (χ0n) is 15.5. The van der Waals surface area contributed by atoms with E-state index in [0.29, 0.717) is 35.8 Å². The van der Waals surface area contributed by atoms with Gasteiger partial charge >= 0.3 is 0 Å². The third-order valence-corrected chi connectivity index (χ3v) is 7.56. The molecule has 2 aromatic rings. The van der Waals surface area contributed by atoms with E-state index >= 15 is 0 Å². The minimum Gasteiger partial charge on any atom is -0.495 e. The van der Waals surface area contributed by atoms with E-state index in [9.17, 15) is 13.2 Å². The minimum atomic E-state index is -3.87. The van der Waals surface area contributed by atoms with Gasteiger partial charge in [-0.25, -0.2) is 8.42 Å². The molecule has 1 aliphatic rings. The molecule has 1 aliphatic heterocycles. The first kappa shape index (κ1) is 22.2. The summed E-state index contributed by atoms with van der Waals surface area (Å²) in [7, 11) is -2.37. The van der Waals surface area contributed by atoms with Crippen molar-refractivity contribution in [3.05, 3.63) is 51.5 Å². The molecule has 6 nitrogen and oxygen atoms in total. The Kier molecular flexibility index (Phi) is 6.96. The third kappa shape index (κ3) is 4.98. The van der Waals surface area contributed by atoms with Crippen LogP contribution in [0.5, 0.6) is 5.75 Å². The number of nitrogens with one attached hydrogen (secondary N) is 1. The van der Waals surface area contributed by atoms with Crippen LogP contribution in [0.4, 0.5) is 5.69 Å². The fourth-order valence-corrected chi connectivity index (χ4v) is 5.70. The number of nitrogens with zero attached hydrogens (tertiary/aromatic N) is 1. The molecule has 0 unspecified atom stereocenters. The van der Waals surface area contributed by atoms with Gasteiger partial charge in [0.15, 0.2) is 0 Å². The van der Waals surface area contributed by atoms with Gasteiger partial charge in [0.1, 0.15) is 10.6 Å². The van der Waals surface area contributed by atoms with Crippen LogP contribution in [0.3, 0.4) is 0 Å². The molecule has 10 heteroatoms. The van der Waals surface area contributed by atoms with E-state index in [1.165, 1.54) is 29.6 Å². The van der Waals surface area contributed by atoms with Crippen molar-refractivity contribution < 1.29 is 17.9 Å². The highest BCUT2D eigenvalue weighted by atomic mass is 35.5. The summed E-state index contributed by atoms with van der Waals surface area (Å²) in [5.41, 5.74) is 0.513. The molecule has 0 radical (unpaired) electrons. The molecule has 0 spiro atoms. The van der Waals surface area contributed by atoms with E-state index < -0.39 is 15.9 Å². The van der Waals surface area contributed by atoms with Crippen LogP contribution >= 0.6 is 34.8 Å². The van der Waals surface area contributed by atoms with Crippen LogP contribution < -0.4 is 10.1 Å². The number of hydrogen-bond donors (Lipinski definition) is 1. The minimum absolute atomic E-state index is 0.0564. The Morgan fingerprint density at radius 2 is 1.90 bits per heavy atom. The van der Waals surface area contributed by atoms with E-state index in [2.05, 4.69) is 5.32 Å². The van der Waals surface area contributed by atoms with Crippen molar-refractivity contribution in [2.75, 3.05) is 25.5 Å². The van der Waals surface area contributed by atoms with Gasteiger partial charge in [-0.1, -0.05) is 34.8 Å². The van der Waals surface area contributed by atoms with Crippen molar-refractivity contribution in [3.63, 3.8) is 0 Å². The Labute approximate surface area is 184 Å². The maximum Gasteiger partial charge on any atom is 0.244 e. The maximum absolute atomic E-state index is 13.0. The zero-order chi connectivity index (χ0) is 21.2. The predicted molar refractivity (Wildman–Crippen MR) is 115 cm³/mol. The van der Waals surface area contributed by atoms with Crippen LogP contribution in [-0.4, -0.2) is 38.8 Å². The Morgan fingerprint density at radius 3 is 2.59 bits per heavy atom. The molecule has 2 aromatic carbocycles. The lowest BCUT2D eigenvalue weighted by Crippen LogP contribution is -2.43. The normalized spacial score (nSPS) is 17.7. The Hall–Kier alpha value is -1.51. The summed E-state index contributed by atoms with van der Waals surface area (Å²) >= 11 is 18.1. The van der Waals surface area contributed by atoms with Crippen LogP contribution in [0.15, 0.2) is 41.3 Å². The van der Waals surface area contributed by atoms with Crippen molar-refractivity contribution in [1.29, 1.82) is 0 Å². The predicted octanol–water partition coefficient (Wildman–Crippen LogP) is 4.69. The van der Waals surface area contributed by atoms with Crippen LogP contribution in [0.25, 0.3) is 0 Å². The summed E-state index contributed by atoms with van der Waals surface area (Å²) in [6.45, 7) is 0.365. The molecule has 1 amide bonds.